The number of aliphatic hydroxyl groups is 1. The van der Waals surface area contributed by atoms with Crippen molar-refractivity contribution in [3.63, 3.8) is 0 Å². The number of halogens is 2. The number of hydrogen-bond donors (Lipinski definition) is 1. The molecule has 1 N–H and O–H groups in total. The van der Waals surface area contributed by atoms with Gasteiger partial charge in [-0.3, -0.25) is 4.79 Å². The second kappa shape index (κ2) is 6.31. The first-order chi connectivity index (χ1) is 9.51. The smallest absolute Gasteiger partial charge is 0.223 e. The van der Waals surface area contributed by atoms with E-state index in [4.69, 9.17) is 5.11 Å². The van der Waals surface area contributed by atoms with E-state index in [1.54, 1.807) is 11.8 Å². The minimum Gasteiger partial charge on any atom is -0.396 e. The summed E-state index contributed by atoms with van der Waals surface area (Å²) in [6, 6.07) is 3.44. The van der Waals surface area contributed by atoms with Gasteiger partial charge in [0, 0.05) is 38.1 Å². The van der Waals surface area contributed by atoms with Gasteiger partial charge in [0.05, 0.1) is 0 Å². The lowest BCUT2D eigenvalue weighted by molar-refractivity contribution is -0.130. The Balaban J connectivity index is 1.97. The predicted octanol–water partition coefficient (Wildman–Crippen LogP) is 2.30. The molecule has 20 heavy (non-hydrogen) atoms. The number of likely N-dealkylation sites (tertiary alicyclic amines) is 1. The van der Waals surface area contributed by atoms with Crippen LogP contribution < -0.4 is 0 Å². The lowest BCUT2D eigenvalue weighted by Crippen LogP contribution is -2.30. The first-order valence-electron chi connectivity index (χ1n) is 6.84. The van der Waals surface area contributed by atoms with Crippen molar-refractivity contribution in [3.05, 3.63) is 35.4 Å². The largest absolute Gasteiger partial charge is 0.396 e. The van der Waals surface area contributed by atoms with Crippen LogP contribution in [0.5, 0.6) is 0 Å². The van der Waals surface area contributed by atoms with Crippen LogP contribution in [0.2, 0.25) is 0 Å². The number of benzene rings is 1. The van der Waals surface area contributed by atoms with Crippen molar-refractivity contribution in [1.29, 1.82) is 0 Å². The summed E-state index contributed by atoms with van der Waals surface area (Å²) in [6.45, 7) is 3.05. The Labute approximate surface area is 117 Å². The number of nitrogens with zero attached hydrogens (tertiary/aromatic N) is 1. The molecule has 1 aliphatic heterocycles. The fourth-order valence-corrected chi connectivity index (χ4v) is 2.61. The maximum Gasteiger partial charge on any atom is 0.223 e. The van der Waals surface area contributed by atoms with Gasteiger partial charge in [-0.25, -0.2) is 8.78 Å². The molecule has 0 spiro atoms. The number of amides is 1. The molecule has 1 aromatic carbocycles. The lowest BCUT2D eigenvalue weighted by atomic mass is 9.96. The summed E-state index contributed by atoms with van der Waals surface area (Å²) in [4.78, 5) is 13.8. The molecule has 1 amide bonds. The van der Waals surface area contributed by atoms with E-state index in [0.29, 0.717) is 18.7 Å². The van der Waals surface area contributed by atoms with Crippen LogP contribution in [0.25, 0.3) is 0 Å². The molecular weight excluding hydrogens is 264 g/mol. The van der Waals surface area contributed by atoms with Crippen LogP contribution in [0.15, 0.2) is 18.2 Å². The minimum absolute atomic E-state index is 0.0443. The van der Waals surface area contributed by atoms with Gasteiger partial charge in [0.15, 0.2) is 0 Å². The molecule has 2 rings (SSSR count). The molecule has 1 aromatic rings. The van der Waals surface area contributed by atoms with Crippen LogP contribution >= 0.6 is 0 Å². The van der Waals surface area contributed by atoms with E-state index in [1.807, 2.05) is 0 Å². The van der Waals surface area contributed by atoms with Gasteiger partial charge in [-0.1, -0.05) is 13.0 Å². The normalized spacial score (nSPS) is 20.2. The molecule has 110 valence electrons. The van der Waals surface area contributed by atoms with Crippen LogP contribution in [0.1, 0.15) is 31.2 Å². The van der Waals surface area contributed by atoms with Crippen LogP contribution in [-0.4, -0.2) is 35.6 Å². The fraction of sp³-hybridized carbons (Fsp3) is 0.533. The predicted molar refractivity (Wildman–Crippen MR) is 71.2 cm³/mol. The highest BCUT2D eigenvalue weighted by Gasteiger charge is 2.27. The van der Waals surface area contributed by atoms with E-state index in [-0.39, 0.29) is 30.8 Å². The number of aliphatic hydroxyl groups excluding tert-OH is 1. The van der Waals surface area contributed by atoms with Gasteiger partial charge < -0.3 is 10.0 Å². The second-order valence-corrected chi connectivity index (χ2v) is 5.45. The molecule has 0 aromatic heterocycles. The Morgan fingerprint density at radius 1 is 1.50 bits per heavy atom. The van der Waals surface area contributed by atoms with E-state index in [2.05, 4.69) is 0 Å². The SMILES string of the molecule is C[C@@H](CC(=O)N1CC[C@@H](CO)C1)c1ccc(F)cc1F. The molecule has 0 radical (unpaired) electrons. The van der Waals surface area contributed by atoms with Crippen molar-refractivity contribution in [2.24, 2.45) is 5.92 Å². The monoisotopic (exact) mass is 283 g/mol. The van der Waals surface area contributed by atoms with Gasteiger partial charge in [0.1, 0.15) is 11.6 Å². The Morgan fingerprint density at radius 3 is 2.85 bits per heavy atom. The van der Waals surface area contributed by atoms with Gasteiger partial charge in [0.2, 0.25) is 5.91 Å². The highest BCUT2D eigenvalue weighted by molar-refractivity contribution is 5.77. The Kier molecular flexibility index (Phi) is 4.70. The van der Waals surface area contributed by atoms with E-state index >= 15 is 0 Å². The van der Waals surface area contributed by atoms with E-state index < -0.39 is 11.6 Å². The molecule has 3 nitrogen and oxygen atoms in total. The van der Waals surface area contributed by atoms with Crippen molar-refractivity contribution < 1.29 is 18.7 Å². The van der Waals surface area contributed by atoms with Gasteiger partial charge in [-0.2, -0.15) is 0 Å². The molecule has 0 unspecified atom stereocenters. The Bertz CT molecular complexity index is 493. The zero-order valence-electron chi connectivity index (χ0n) is 11.5. The fourth-order valence-electron chi connectivity index (χ4n) is 2.61. The lowest BCUT2D eigenvalue weighted by Gasteiger charge is -2.19. The summed E-state index contributed by atoms with van der Waals surface area (Å²) in [5.41, 5.74) is 0.359. The summed E-state index contributed by atoms with van der Waals surface area (Å²) in [6.07, 6.45) is 1.00. The molecule has 1 heterocycles. The molecule has 1 saturated heterocycles. The first kappa shape index (κ1) is 14.9. The second-order valence-electron chi connectivity index (χ2n) is 5.45. The van der Waals surface area contributed by atoms with Crippen molar-refractivity contribution in [1.82, 2.24) is 4.90 Å². The number of rotatable bonds is 4. The minimum atomic E-state index is -0.616. The van der Waals surface area contributed by atoms with Crippen LogP contribution in [0.4, 0.5) is 8.78 Å². The average molecular weight is 283 g/mol. The summed E-state index contributed by atoms with van der Waals surface area (Å²) in [5, 5.41) is 9.06. The molecule has 0 bridgehead atoms. The molecular formula is C15H19F2NO2. The van der Waals surface area contributed by atoms with Crippen LogP contribution in [0, 0.1) is 17.6 Å². The van der Waals surface area contributed by atoms with Crippen LogP contribution in [-0.2, 0) is 4.79 Å². The quantitative estimate of drug-likeness (QED) is 0.921. The summed E-state index contributed by atoms with van der Waals surface area (Å²) < 4.78 is 26.5. The molecule has 0 saturated carbocycles. The number of hydrogen-bond acceptors (Lipinski definition) is 2. The standard InChI is InChI=1S/C15H19F2NO2/c1-10(13-3-2-12(16)7-14(13)17)6-15(20)18-5-4-11(8-18)9-19/h2-3,7,10-11,19H,4-6,8-9H2,1H3/t10-,11+/m0/s1. The highest BCUT2D eigenvalue weighted by Crippen LogP contribution is 2.25. The van der Waals surface area contributed by atoms with Crippen molar-refractivity contribution in [3.8, 4) is 0 Å². The van der Waals surface area contributed by atoms with Gasteiger partial charge in [-0.05, 0) is 24.0 Å². The van der Waals surface area contributed by atoms with Crippen molar-refractivity contribution >= 4 is 5.91 Å². The maximum atomic E-state index is 13.6. The topological polar surface area (TPSA) is 40.5 Å². The molecule has 1 aliphatic rings. The third-order valence-electron chi connectivity index (χ3n) is 3.87. The van der Waals surface area contributed by atoms with Gasteiger partial charge >= 0.3 is 0 Å². The summed E-state index contributed by atoms with van der Waals surface area (Å²) in [5.74, 6) is -1.42. The van der Waals surface area contributed by atoms with Crippen molar-refractivity contribution in [2.75, 3.05) is 19.7 Å². The third kappa shape index (κ3) is 3.33. The molecule has 5 heteroatoms. The number of carbonyl (C=O) groups is 1. The molecule has 0 aliphatic carbocycles. The Morgan fingerprint density at radius 2 is 2.25 bits per heavy atom. The maximum absolute atomic E-state index is 13.6. The molecule has 2 atom stereocenters. The zero-order valence-corrected chi connectivity index (χ0v) is 11.5. The van der Waals surface area contributed by atoms with E-state index in [1.165, 1.54) is 12.1 Å². The average Bonchev–Trinajstić information content (AvgIpc) is 2.87. The number of carbonyl (C=O) groups excluding carboxylic acids is 1. The van der Waals surface area contributed by atoms with Gasteiger partial charge in [0.25, 0.3) is 0 Å². The van der Waals surface area contributed by atoms with E-state index in [0.717, 1.165) is 12.5 Å². The zero-order chi connectivity index (χ0) is 14.7. The van der Waals surface area contributed by atoms with Gasteiger partial charge in [-0.15, -0.1) is 0 Å². The van der Waals surface area contributed by atoms with Crippen LogP contribution in [0.3, 0.4) is 0 Å². The first-order valence-corrected chi connectivity index (χ1v) is 6.84. The van der Waals surface area contributed by atoms with Crippen molar-refractivity contribution in [2.45, 2.75) is 25.7 Å². The molecule has 1 fully saturated rings. The summed E-state index contributed by atoms with van der Waals surface area (Å²) in [7, 11) is 0. The van der Waals surface area contributed by atoms with E-state index in [9.17, 15) is 13.6 Å². The third-order valence-corrected chi connectivity index (χ3v) is 3.87. The highest BCUT2D eigenvalue weighted by atomic mass is 19.1. The Hall–Kier alpha value is -1.49. The summed E-state index contributed by atoms with van der Waals surface area (Å²) >= 11 is 0.